The van der Waals surface area contributed by atoms with Crippen molar-refractivity contribution < 1.29 is 4.79 Å². The van der Waals surface area contributed by atoms with Crippen LogP contribution in [0.15, 0.2) is 5.16 Å². The molecule has 0 aliphatic heterocycles. The Hall–Kier alpha value is -1.85. The lowest BCUT2D eigenvalue weighted by Crippen LogP contribution is -2.51. The zero-order valence-corrected chi connectivity index (χ0v) is 18.6. The monoisotopic (exact) mass is 417 g/mol. The van der Waals surface area contributed by atoms with Crippen molar-refractivity contribution in [2.45, 2.75) is 69.8 Å². The Kier molecular flexibility index (Phi) is 5.87. The molecule has 28 heavy (non-hydrogen) atoms. The van der Waals surface area contributed by atoms with E-state index < -0.39 is 10.8 Å². The molecule has 150 valence electrons. The van der Waals surface area contributed by atoms with Crippen LogP contribution < -0.4 is 11.1 Å². The van der Waals surface area contributed by atoms with Gasteiger partial charge in [0.2, 0.25) is 5.91 Å². The Labute approximate surface area is 174 Å². The minimum atomic E-state index is -0.904. The molecule has 2 aromatic rings. The molecule has 3 rings (SSSR count). The van der Waals surface area contributed by atoms with Crippen LogP contribution >= 0.6 is 23.1 Å². The van der Waals surface area contributed by atoms with Crippen LogP contribution in [0.2, 0.25) is 0 Å². The van der Waals surface area contributed by atoms with Crippen molar-refractivity contribution in [1.82, 2.24) is 15.3 Å². The van der Waals surface area contributed by atoms with Gasteiger partial charge in [-0.1, -0.05) is 32.5 Å². The number of nitrogens with one attached hydrogen (secondary N) is 1. The predicted octanol–water partition coefficient (Wildman–Crippen LogP) is 3.93. The first-order valence-electron chi connectivity index (χ1n) is 9.62. The van der Waals surface area contributed by atoms with E-state index in [2.05, 4.69) is 28.3 Å². The summed E-state index contributed by atoms with van der Waals surface area (Å²) in [6.45, 7) is 9.64. The van der Waals surface area contributed by atoms with E-state index in [9.17, 15) is 10.1 Å². The first kappa shape index (κ1) is 20.9. The van der Waals surface area contributed by atoms with Crippen LogP contribution in [0.5, 0.6) is 0 Å². The number of hydrogen-bond donors (Lipinski definition) is 2. The highest BCUT2D eigenvalue weighted by atomic mass is 32.2. The molecule has 0 aromatic carbocycles. The molecular weight excluding hydrogens is 390 g/mol. The van der Waals surface area contributed by atoms with Gasteiger partial charge in [0.05, 0.1) is 16.7 Å². The number of aryl methyl sites for hydroxylation is 1. The fourth-order valence-electron chi connectivity index (χ4n) is 3.27. The van der Waals surface area contributed by atoms with Crippen molar-refractivity contribution in [2.24, 2.45) is 11.8 Å². The van der Waals surface area contributed by atoms with Crippen molar-refractivity contribution in [3.63, 3.8) is 0 Å². The van der Waals surface area contributed by atoms with Crippen molar-refractivity contribution in [2.75, 3.05) is 5.73 Å². The summed E-state index contributed by atoms with van der Waals surface area (Å²) in [6.07, 6.45) is 3.26. The van der Waals surface area contributed by atoms with Gasteiger partial charge in [-0.15, -0.1) is 11.3 Å². The quantitative estimate of drug-likeness (QED) is 0.564. The van der Waals surface area contributed by atoms with Gasteiger partial charge in [0.15, 0.2) is 5.16 Å². The smallest absolute Gasteiger partial charge is 0.234 e. The van der Waals surface area contributed by atoms with Gasteiger partial charge >= 0.3 is 0 Å². The number of nitrogens with two attached hydrogens (primary N) is 1. The molecule has 1 aliphatic rings. The molecule has 1 aliphatic carbocycles. The third kappa shape index (κ3) is 3.96. The minimum absolute atomic E-state index is 0.00160. The van der Waals surface area contributed by atoms with E-state index in [1.807, 2.05) is 13.8 Å². The summed E-state index contributed by atoms with van der Waals surface area (Å²) in [4.78, 5) is 24.0. The lowest BCUT2D eigenvalue weighted by Gasteiger charge is -2.28. The molecule has 0 bridgehead atoms. The summed E-state index contributed by atoms with van der Waals surface area (Å²) in [6, 6.07) is 2.20. The third-order valence-electron chi connectivity index (χ3n) is 5.58. The van der Waals surface area contributed by atoms with Gasteiger partial charge in [0, 0.05) is 4.88 Å². The maximum Gasteiger partial charge on any atom is 0.234 e. The second-order valence-electron chi connectivity index (χ2n) is 8.14. The van der Waals surface area contributed by atoms with Gasteiger partial charge in [0.1, 0.15) is 16.2 Å². The number of nitriles is 1. The van der Waals surface area contributed by atoms with Gasteiger partial charge in [-0.2, -0.15) is 5.26 Å². The van der Waals surface area contributed by atoms with Gasteiger partial charge in [-0.25, -0.2) is 9.97 Å². The van der Waals surface area contributed by atoms with E-state index in [1.54, 1.807) is 25.2 Å². The molecule has 0 fully saturated rings. The normalized spacial score (nSPS) is 19.7. The van der Waals surface area contributed by atoms with Crippen LogP contribution in [0.4, 0.5) is 5.82 Å². The summed E-state index contributed by atoms with van der Waals surface area (Å²) in [5.74, 6) is 0.977. The lowest BCUT2D eigenvalue weighted by atomic mass is 9.89. The molecular formula is C20H27N5OS2. The first-order chi connectivity index (χ1) is 13.1. The standard InChI is InChI=1S/C20H27N5OS2/c1-10(2)20(5,9-21)25-17(26)12(4)27-19-23-16(22)15-13-7-6-11(3)8-14(13)28-18(15)24-19/h10-12H,6-8H2,1-5H3,(H,25,26)(H2,22,23,24). The Morgan fingerprint density at radius 2 is 2.14 bits per heavy atom. The van der Waals surface area contributed by atoms with Crippen LogP contribution in [0.3, 0.4) is 0 Å². The maximum absolute atomic E-state index is 12.6. The van der Waals surface area contributed by atoms with Crippen LogP contribution in [0, 0.1) is 23.2 Å². The van der Waals surface area contributed by atoms with E-state index in [0.29, 0.717) is 16.9 Å². The number of aromatic nitrogens is 2. The fourth-order valence-corrected chi connectivity index (χ4v) is 5.50. The molecule has 0 radical (unpaired) electrons. The molecule has 3 N–H and O–H groups in total. The number of amides is 1. The summed E-state index contributed by atoms with van der Waals surface area (Å²) in [7, 11) is 0. The molecule has 2 aromatic heterocycles. The lowest BCUT2D eigenvalue weighted by molar-refractivity contribution is -0.121. The predicted molar refractivity (Wildman–Crippen MR) is 115 cm³/mol. The first-order valence-corrected chi connectivity index (χ1v) is 11.3. The van der Waals surface area contributed by atoms with E-state index in [-0.39, 0.29) is 11.8 Å². The molecule has 1 amide bonds. The van der Waals surface area contributed by atoms with Crippen molar-refractivity contribution in [3.05, 3.63) is 10.4 Å². The average molecular weight is 418 g/mol. The van der Waals surface area contributed by atoms with E-state index in [4.69, 9.17) is 5.73 Å². The number of carbonyl (C=O) groups is 1. The highest BCUT2D eigenvalue weighted by Gasteiger charge is 2.32. The summed E-state index contributed by atoms with van der Waals surface area (Å²) in [5, 5.41) is 13.3. The summed E-state index contributed by atoms with van der Waals surface area (Å²) in [5.41, 5.74) is 6.68. The number of rotatable bonds is 5. The van der Waals surface area contributed by atoms with Crippen LogP contribution in [-0.4, -0.2) is 26.7 Å². The molecule has 0 saturated carbocycles. The third-order valence-corrected chi connectivity index (χ3v) is 7.69. The molecule has 6 nitrogen and oxygen atoms in total. The Morgan fingerprint density at radius 1 is 1.43 bits per heavy atom. The zero-order valence-electron chi connectivity index (χ0n) is 17.0. The van der Waals surface area contributed by atoms with Crippen molar-refractivity contribution in [1.29, 1.82) is 5.26 Å². The van der Waals surface area contributed by atoms with Gasteiger partial charge in [0.25, 0.3) is 0 Å². The van der Waals surface area contributed by atoms with E-state index in [0.717, 1.165) is 23.1 Å². The molecule has 0 spiro atoms. The number of anilines is 1. The highest BCUT2D eigenvalue weighted by molar-refractivity contribution is 8.00. The minimum Gasteiger partial charge on any atom is -0.383 e. The van der Waals surface area contributed by atoms with Gasteiger partial charge < -0.3 is 11.1 Å². The molecule has 3 unspecified atom stereocenters. The zero-order chi connectivity index (χ0) is 20.6. The second-order valence-corrected chi connectivity index (χ2v) is 10.5. The number of carbonyl (C=O) groups excluding carboxylic acids is 1. The molecule has 8 heteroatoms. The number of fused-ring (bicyclic) bond motifs is 3. The average Bonchev–Trinajstić information content (AvgIpc) is 2.98. The summed E-state index contributed by atoms with van der Waals surface area (Å²) < 4.78 is 0. The topological polar surface area (TPSA) is 105 Å². The number of thioether (sulfide) groups is 1. The maximum atomic E-state index is 12.6. The Bertz CT molecular complexity index is 948. The number of thiophene rings is 1. The largest absolute Gasteiger partial charge is 0.383 e. The molecule has 2 heterocycles. The number of nitrogens with zero attached hydrogens (tertiary/aromatic N) is 3. The van der Waals surface area contributed by atoms with Gasteiger partial charge in [-0.05, 0) is 50.5 Å². The van der Waals surface area contributed by atoms with Crippen LogP contribution in [0.1, 0.15) is 51.5 Å². The number of hydrogen-bond acceptors (Lipinski definition) is 7. The second kappa shape index (κ2) is 7.88. The molecule has 3 atom stereocenters. The van der Waals surface area contributed by atoms with Crippen molar-refractivity contribution >= 4 is 45.0 Å². The number of nitrogen functional groups attached to an aromatic ring is 1. The SMILES string of the molecule is CC1CCc2c(sc3nc(SC(C)C(=O)NC(C)(C#N)C(C)C)nc(N)c23)C1. The molecule has 0 saturated heterocycles. The van der Waals surface area contributed by atoms with Crippen LogP contribution in [-0.2, 0) is 17.6 Å². The van der Waals surface area contributed by atoms with Crippen LogP contribution in [0.25, 0.3) is 10.2 Å². The Morgan fingerprint density at radius 3 is 2.79 bits per heavy atom. The fraction of sp³-hybridized carbons (Fsp3) is 0.600. The highest BCUT2D eigenvalue weighted by Crippen LogP contribution is 2.40. The van der Waals surface area contributed by atoms with E-state index >= 15 is 0 Å². The van der Waals surface area contributed by atoms with Gasteiger partial charge in [-0.3, -0.25) is 4.79 Å². The van der Waals surface area contributed by atoms with E-state index in [1.165, 1.54) is 28.6 Å². The Balaban J connectivity index is 1.81. The summed E-state index contributed by atoms with van der Waals surface area (Å²) >= 11 is 2.97. The van der Waals surface area contributed by atoms with Crippen molar-refractivity contribution in [3.8, 4) is 6.07 Å².